The lowest BCUT2D eigenvalue weighted by Gasteiger charge is -2.30. The Kier molecular flexibility index (Phi) is 6.10. The van der Waals surface area contributed by atoms with Crippen LogP contribution in [0.3, 0.4) is 0 Å². The van der Waals surface area contributed by atoms with E-state index in [0.717, 1.165) is 5.76 Å². The molecule has 0 bridgehead atoms. The van der Waals surface area contributed by atoms with Crippen molar-refractivity contribution in [2.75, 3.05) is 6.54 Å². The summed E-state index contributed by atoms with van der Waals surface area (Å²) in [6, 6.07) is 5.68. The van der Waals surface area contributed by atoms with Crippen LogP contribution in [0.1, 0.15) is 33.0 Å². The molecule has 1 amide bonds. The number of nitrogens with one attached hydrogen (secondary N) is 1. The monoisotopic (exact) mass is 263 g/mol. The number of rotatable bonds is 7. The predicted molar refractivity (Wildman–Crippen MR) is 72.1 cm³/mol. The van der Waals surface area contributed by atoms with E-state index in [2.05, 4.69) is 11.4 Å². The zero-order chi connectivity index (χ0) is 14.3. The van der Waals surface area contributed by atoms with Crippen molar-refractivity contribution in [3.8, 4) is 6.07 Å². The lowest BCUT2D eigenvalue weighted by molar-refractivity contribution is -0.126. The number of carbonyl (C=O) groups excluding carboxylic acids is 1. The highest BCUT2D eigenvalue weighted by atomic mass is 16.3. The van der Waals surface area contributed by atoms with Gasteiger partial charge in [0, 0.05) is 19.0 Å². The highest BCUT2D eigenvalue weighted by molar-refractivity contribution is 5.81. The van der Waals surface area contributed by atoms with Crippen LogP contribution in [0.15, 0.2) is 22.8 Å². The average molecular weight is 263 g/mol. The molecule has 0 aliphatic rings. The molecule has 0 saturated carbocycles. The number of carbonyl (C=O) groups is 1. The molecule has 104 valence electrons. The van der Waals surface area contributed by atoms with Gasteiger partial charge >= 0.3 is 0 Å². The smallest absolute Gasteiger partial charge is 0.237 e. The van der Waals surface area contributed by atoms with E-state index in [1.165, 1.54) is 0 Å². The van der Waals surface area contributed by atoms with Gasteiger partial charge in [0.2, 0.25) is 5.91 Å². The van der Waals surface area contributed by atoms with Crippen LogP contribution in [0, 0.1) is 11.3 Å². The Morgan fingerprint density at radius 2 is 2.26 bits per heavy atom. The van der Waals surface area contributed by atoms with Gasteiger partial charge in [-0.05, 0) is 32.9 Å². The van der Waals surface area contributed by atoms with Crippen molar-refractivity contribution in [1.82, 2.24) is 10.2 Å². The third-order valence-corrected chi connectivity index (χ3v) is 3.04. The standard InChI is InChI=1S/C14H21N3O2/c1-11(2)17(8-5-7-15)12(3)14(18)16-10-13-6-4-9-19-13/h4,6,9,11-12H,5,8,10H2,1-3H3,(H,16,18). The van der Waals surface area contributed by atoms with Crippen molar-refractivity contribution in [2.45, 2.75) is 45.8 Å². The van der Waals surface area contributed by atoms with Crippen LogP contribution in [-0.4, -0.2) is 29.4 Å². The SMILES string of the molecule is CC(C)N(CCC#N)C(C)C(=O)NCc1ccco1. The summed E-state index contributed by atoms with van der Waals surface area (Å²) in [6.07, 6.45) is 2.01. The summed E-state index contributed by atoms with van der Waals surface area (Å²) in [6.45, 7) is 6.89. The second-order valence-electron chi connectivity index (χ2n) is 4.71. The maximum absolute atomic E-state index is 12.1. The van der Waals surface area contributed by atoms with Crippen molar-refractivity contribution < 1.29 is 9.21 Å². The summed E-state index contributed by atoms with van der Waals surface area (Å²) < 4.78 is 5.17. The zero-order valence-electron chi connectivity index (χ0n) is 11.7. The molecule has 19 heavy (non-hydrogen) atoms. The van der Waals surface area contributed by atoms with E-state index in [0.29, 0.717) is 19.5 Å². The number of nitrogens with zero attached hydrogens (tertiary/aromatic N) is 2. The molecule has 1 N–H and O–H groups in total. The van der Waals surface area contributed by atoms with E-state index in [4.69, 9.17) is 9.68 Å². The van der Waals surface area contributed by atoms with Gasteiger partial charge in [0.25, 0.3) is 0 Å². The van der Waals surface area contributed by atoms with Gasteiger partial charge in [0.15, 0.2) is 0 Å². The molecule has 1 rings (SSSR count). The van der Waals surface area contributed by atoms with E-state index in [1.807, 2.05) is 31.7 Å². The average Bonchev–Trinajstić information content (AvgIpc) is 2.88. The Morgan fingerprint density at radius 3 is 2.79 bits per heavy atom. The number of amides is 1. The number of hydrogen-bond donors (Lipinski definition) is 1. The molecule has 1 atom stereocenters. The summed E-state index contributed by atoms with van der Waals surface area (Å²) in [7, 11) is 0. The summed E-state index contributed by atoms with van der Waals surface area (Å²) in [5.41, 5.74) is 0. The Balaban J connectivity index is 2.50. The predicted octanol–water partition coefficient (Wildman–Crippen LogP) is 1.91. The third-order valence-electron chi connectivity index (χ3n) is 3.04. The molecule has 0 saturated heterocycles. The molecule has 5 nitrogen and oxygen atoms in total. The molecule has 0 aromatic carbocycles. The molecule has 0 radical (unpaired) electrons. The van der Waals surface area contributed by atoms with E-state index in [1.54, 1.807) is 12.3 Å². The van der Waals surface area contributed by atoms with Crippen molar-refractivity contribution >= 4 is 5.91 Å². The Labute approximate surface area is 114 Å². The number of furan rings is 1. The van der Waals surface area contributed by atoms with Crippen LogP contribution in [0.5, 0.6) is 0 Å². The second kappa shape index (κ2) is 7.59. The molecular formula is C14H21N3O2. The molecule has 1 aromatic rings. The van der Waals surface area contributed by atoms with Crippen LogP contribution in [0.2, 0.25) is 0 Å². The minimum atomic E-state index is -0.261. The number of hydrogen-bond acceptors (Lipinski definition) is 4. The minimum Gasteiger partial charge on any atom is -0.467 e. The van der Waals surface area contributed by atoms with Crippen LogP contribution < -0.4 is 5.32 Å². The quantitative estimate of drug-likeness (QED) is 0.815. The molecule has 5 heteroatoms. The highest BCUT2D eigenvalue weighted by Gasteiger charge is 2.23. The van der Waals surface area contributed by atoms with Crippen LogP contribution in [0.25, 0.3) is 0 Å². The van der Waals surface area contributed by atoms with E-state index < -0.39 is 0 Å². The van der Waals surface area contributed by atoms with Gasteiger partial charge in [-0.3, -0.25) is 9.69 Å². The first-order valence-corrected chi connectivity index (χ1v) is 6.49. The maximum Gasteiger partial charge on any atom is 0.237 e. The topological polar surface area (TPSA) is 69.3 Å². The van der Waals surface area contributed by atoms with E-state index in [9.17, 15) is 4.79 Å². The fraction of sp³-hybridized carbons (Fsp3) is 0.571. The van der Waals surface area contributed by atoms with Gasteiger partial charge < -0.3 is 9.73 Å². The second-order valence-corrected chi connectivity index (χ2v) is 4.71. The highest BCUT2D eigenvalue weighted by Crippen LogP contribution is 2.07. The minimum absolute atomic E-state index is 0.0527. The van der Waals surface area contributed by atoms with Crippen molar-refractivity contribution in [2.24, 2.45) is 0 Å². The molecule has 0 aliphatic heterocycles. The number of nitriles is 1. The molecule has 0 spiro atoms. The molecule has 1 aromatic heterocycles. The zero-order valence-corrected chi connectivity index (χ0v) is 11.7. The van der Waals surface area contributed by atoms with Gasteiger partial charge in [0.05, 0.1) is 24.9 Å². The van der Waals surface area contributed by atoms with E-state index >= 15 is 0 Å². The van der Waals surface area contributed by atoms with Crippen LogP contribution >= 0.6 is 0 Å². The van der Waals surface area contributed by atoms with Crippen molar-refractivity contribution in [1.29, 1.82) is 5.26 Å². The van der Waals surface area contributed by atoms with Gasteiger partial charge in [-0.25, -0.2) is 0 Å². The molecule has 1 heterocycles. The lowest BCUT2D eigenvalue weighted by atomic mass is 10.2. The fourth-order valence-corrected chi connectivity index (χ4v) is 1.96. The Morgan fingerprint density at radius 1 is 1.53 bits per heavy atom. The fourth-order valence-electron chi connectivity index (χ4n) is 1.96. The summed E-state index contributed by atoms with van der Waals surface area (Å²) in [4.78, 5) is 14.1. The van der Waals surface area contributed by atoms with Gasteiger partial charge in [-0.2, -0.15) is 5.26 Å². The summed E-state index contributed by atoms with van der Waals surface area (Å²) >= 11 is 0. The Bertz CT molecular complexity index is 420. The maximum atomic E-state index is 12.1. The summed E-state index contributed by atoms with van der Waals surface area (Å²) in [5.74, 6) is 0.678. The first-order valence-electron chi connectivity index (χ1n) is 6.49. The molecule has 0 aliphatic carbocycles. The normalized spacial score (nSPS) is 12.4. The Hall–Kier alpha value is -1.80. The van der Waals surface area contributed by atoms with Crippen LogP contribution in [0.4, 0.5) is 0 Å². The summed E-state index contributed by atoms with van der Waals surface area (Å²) in [5, 5.41) is 11.5. The molecular weight excluding hydrogens is 242 g/mol. The van der Waals surface area contributed by atoms with Crippen molar-refractivity contribution in [3.63, 3.8) is 0 Å². The third kappa shape index (κ3) is 4.76. The van der Waals surface area contributed by atoms with E-state index in [-0.39, 0.29) is 18.0 Å². The molecule has 0 fully saturated rings. The van der Waals surface area contributed by atoms with Crippen LogP contribution in [-0.2, 0) is 11.3 Å². The van der Waals surface area contributed by atoms with Gasteiger partial charge in [-0.15, -0.1) is 0 Å². The first-order chi connectivity index (χ1) is 9.06. The molecule has 1 unspecified atom stereocenters. The first kappa shape index (κ1) is 15.3. The lowest BCUT2D eigenvalue weighted by Crippen LogP contribution is -2.48. The van der Waals surface area contributed by atoms with Crippen molar-refractivity contribution in [3.05, 3.63) is 24.2 Å². The largest absolute Gasteiger partial charge is 0.467 e. The van der Waals surface area contributed by atoms with Gasteiger partial charge in [0.1, 0.15) is 5.76 Å². The van der Waals surface area contributed by atoms with Gasteiger partial charge in [-0.1, -0.05) is 0 Å².